The lowest BCUT2D eigenvalue weighted by Gasteiger charge is -2.06. The van der Waals surface area contributed by atoms with Crippen molar-refractivity contribution in [3.05, 3.63) is 58.1 Å². The highest BCUT2D eigenvalue weighted by Gasteiger charge is 2.23. The van der Waals surface area contributed by atoms with Crippen LogP contribution in [0.2, 0.25) is 0 Å². The van der Waals surface area contributed by atoms with E-state index in [1.165, 1.54) is 16.5 Å². The number of carbonyl (C=O) groups is 2. The summed E-state index contributed by atoms with van der Waals surface area (Å²) in [5.41, 5.74) is 1.12. The van der Waals surface area contributed by atoms with Crippen LogP contribution in [0.5, 0.6) is 5.75 Å². The molecule has 0 saturated carbocycles. The van der Waals surface area contributed by atoms with Crippen molar-refractivity contribution in [1.29, 1.82) is 0 Å². The van der Waals surface area contributed by atoms with Crippen LogP contribution in [0, 0.1) is 6.92 Å². The summed E-state index contributed by atoms with van der Waals surface area (Å²) in [5.74, 6) is -0.422. The van der Waals surface area contributed by atoms with Crippen LogP contribution in [0.1, 0.15) is 26.7 Å². The first-order valence-electron chi connectivity index (χ1n) is 8.24. The highest BCUT2D eigenvalue weighted by atomic mass is 79.9. The van der Waals surface area contributed by atoms with Gasteiger partial charge >= 0.3 is 5.97 Å². The average Bonchev–Trinajstić information content (AvgIpc) is 3.27. The summed E-state index contributed by atoms with van der Waals surface area (Å²) in [6, 6.07) is 8.93. The number of aromatic nitrogens is 4. The van der Waals surface area contributed by atoms with Gasteiger partial charge in [-0.15, -0.1) is 0 Å². The van der Waals surface area contributed by atoms with Crippen LogP contribution >= 0.6 is 15.9 Å². The molecule has 0 fully saturated rings. The fourth-order valence-electron chi connectivity index (χ4n) is 2.40. The molecule has 0 radical (unpaired) electrons. The second-order valence-electron chi connectivity index (χ2n) is 5.85. The molecular weight excluding hydrogens is 430 g/mol. The van der Waals surface area contributed by atoms with Gasteiger partial charge in [0.2, 0.25) is 0 Å². The third kappa shape index (κ3) is 4.22. The Kier molecular flexibility index (Phi) is 5.78. The van der Waals surface area contributed by atoms with E-state index in [4.69, 9.17) is 9.47 Å². The molecule has 0 aliphatic rings. The molecule has 146 valence electrons. The van der Waals surface area contributed by atoms with Gasteiger partial charge in [-0.3, -0.25) is 9.48 Å². The van der Waals surface area contributed by atoms with E-state index in [9.17, 15) is 9.59 Å². The van der Waals surface area contributed by atoms with Crippen LogP contribution in [-0.4, -0.2) is 38.5 Å². The second kappa shape index (κ2) is 8.26. The molecule has 28 heavy (non-hydrogen) atoms. The maximum Gasteiger partial charge on any atom is 0.360 e. The molecule has 1 aromatic carbocycles. The zero-order valence-corrected chi connectivity index (χ0v) is 17.1. The number of rotatable bonds is 6. The summed E-state index contributed by atoms with van der Waals surface area (Å²) < 4.78 is 14.3. The van der Waals surface area contributed by atoms with Crippen molar-refractivity contribution in [1.82, 2.24) is 19.6 Å². The number of nitrogens with zero attached hydrogens (tertiary/aromatic N) is 4. The molecule has 0 aliphatic heterocycles. The van der Waals surface area contributed by atoms with Gasteiger partial charge in [-0.25, -0.2) is 9.48 Å². The van der Waals surface area contributed by atoms with E-state index in [2.05, 4.69) is 31.4 Å². The first-order chi connectivity index (χ1) is 13.4. The lowest BCUT2D eigenvalue weighted by atomic mass is 10.2. The van der Waals surface area contributed by atoms with Crippen LogP contribution in [0.4, 0.5) is 5.69 Å². The van der Waals surface area contributed by atoms with Crippen LogP contribution in [0.25, 0.3) is 0 Å². The zero-order chi connectivity index (χ0) is 20.3. The molecule has 2 aromatic heterocycles. The van der Waals surface area contributed by atoms with Gasteiger partial charge < -0.3 is 14.8 Å². The molecule has 1 amide bonds. The molecule has 0 atom stereocenters. The minimum absolute atomic E-state index is 0.0360. The maximum absolute atomic E-state index is 12.5. The Labute approximate surface area is 169 Å². The molecule has 0 bridgehead atoms. The Morgan fingerprint density at radius 2 is 1.89 bits per heavy atom. The first-order valence-corrected chi connectivity index (χ1v) is 9.03. The van der Waals surface area contributed by atoms with Gasteiger partial charge in [0.05, 0.1) is 18.5 Å². The Bertz CT molecular complexity index is 1010. The number of esters is 1. The predicted molar refractivity (Wildman–Crippen MR) is 104 cm³/mol. The van der Waals surface area contributed by atoms with Crippen molar-refractivity contribution in [2.24, 2.45) is 7.05 Å². The minimum Gasteiger partial charge on any atom is -0.471 e. The molecular formula is C18H18BrN5O4. The van der Waals surface area contributed by atoms with Gasteiger partial charge in [-0.1, -0.05) is 15.9 Å². The lowest BCUT2D eigenvalue weighted by molar-refractivity contribution is 0.0594. The number of ether oxygens (including phenoxy) is 2. The predicted octanol–water partition coefficient (Wildman–Crippen LogP) is 2.76. The van der Waals surface area contributed by atoms with Gasteiger partial charge in [0.25, 0.3) is 5.91 Å². The molecule has 0 unspecified atom stereocenters. The fraction of sp³-hybridized carbons (Fsp3) is 0.222. The summed E-state index contributed by atoms with van der Waals surface area (Å²) in [6.07, 6.45) is 1.63. The summed E-state index contributed by atoms with van der Waals surface area (Å²) >= 11 is 3.36. The lowest BCUT2D eigenvalue weighted by Crippen LogP contribution is -2.17. The van der Waals surface area contributed by atoms with Crippen LogP contribution in [0.15, 0.2) is 41.0 Å². The smallest absolute Gasteiger partial charge is 0.360 e. The Balaban J connectivity index is 1.69. The van der Waals surface area contributed by atoms with Crippen molar-refractivity contribution < 1.29 is 19.1 Å². The monoisotopic (exact) mass is 447 g/mol. The van der Waals surface area contributed by atoms with Crippen molar-refractivity contribution in [3.63, 3.8) is 0 Å². The molecule has 0 spiro atoms. The molecule has 3 aromatic rings. The third-order valence-electron chi connectivity index (χ3n) is 4.00. The molecule has 9 nitrogen and oxygen atoms in total. The summed E-state index contributed by atoms with van der Waals surface area (Å²) in [4.78, 5) is 24.4. The van der Waals surface area contributed by atoms with Gasteiger partial charge in [0.1, 0.15) is 5.75 Å². The number of anilines is 1. The maximum atomic E-state index is 12.5. The van der Waals surface area contributed by atoms with E-state index in [-0.39, 0.29) is 18.1 Å². The number of nitrogens with one attached hydrogen (secondary N) is 1. The van der Waals surface area contributed by atoms with E-state index in [0.29, 0.717) is 17.1 Å². The molecule has 3 rings (SSSR count). The highest BCUT2D eigenvalue weighted by molar-refractivity contribution is 9.10. The largest absolute Gasteiger partial charge is 0.471 e. The molecule has 2 heterocycles. The number of hydrogen-bond donors (Lipinski definition) is 1. The van der Waals surface area contributed by atoms with E-state index in [1.807, 2.05) is 24.3 Å². The van der Waals surface area contributed by atoms with Crippen LogP contribution in [0.3, 0.4) is 0 Å². The number of aryl methyl sites for hydroxylation is 1. The van der Waals surface area contributed by atoms with E-state index >= 15 is 0 Å². The van der Waals surface area contributed by atoms with Gasteiger partial charge in [-0.05, 0) is 37.3 Å². The summed E-state index contributed by atoms with van der Waals surface area (Å²) in [5, 5.41) is 11.0. The van der Waals surface area contributed by atoms with Crippen molar-refractivity contribution in [3.8, 4) is 5.75 Å². The number of methoxy groups -OCH3 is 1. The normalized spacial score (nSPS) is 10.6. The zero-order valence-electron chi connectivity index (χ0n) is 15.5. The van der Waals surface area contributed by atoms with Crippen molar-refractivity contribution in [2.75, 3.05) is 12.4 Å². The minimum atomic E-state index is -0.632. The fourth-order valence-corrected chi connectivity index (χ4v) is 2.67. The topological polar surface area (TPSA) is 100 Å². The first kappa shape index (κ1) is 19.6. The van der Waals surface area contributed by atoms with Crippen LogP contribution in [-0.2, 0) is 18.5 Å². The molecule has 10 heteroatoms. The average molecular weight is 448 g/mol. The standard InChI is InChI=1S/C18H18BrN5O4/c1-11-15(16(18(26)27-3)22-23(11)2)20-17(25)14-8-9-24(21-14)10-28-13-6-4-12(19)5-7-13/h4-9H,10H2,1-3H3,(H,20,25). The SMILES string of the molecule is COC(=O)c1nn(C)c(C)c1NC(=O)c1ccn(COc2ccc(Br)cc2)n1. The number of benzene rings is 1. The van der Waals surface area contributed by atoms with Gasteiger partial charge in [-0.2, -0.15) is 10.2 Å². The van der Waals surface area contributed by atoms with Gasteiger partial charge in [0, 0.05) is 17.7 Å². The molecule has 1 N–H and O–H groups in total. The van der Waals surface area contributed by atoms with Gasteiger partial charge in [0.15, 0.2) is 18.1 Å². The summed E-state index contributed by atoms with van der Waals surface area (Å²) in [6.45, 7) is 1.88. The summed E-state index contributed by atoms with van der Waals surface area (Å²) in [7, 11) is 2.93. The highest BCUT2D eigenvalue weighted by Crippen LogP contribution is 2.21. The Morgan fingerprint density at radius 3 is 2.57 bits per heavy atom. The number of halogens is 1. The van der Waals surface area contributed by atoms with E-state index in [1.54, 1.807) is 26.2 Å². The number of hydrogen-bond acceptors (Lipinski definition) is 6. The van der Waals surface area contributed by atoms with Crippen molar-refractivity contribution in [2.45, 2.75) is 13.7 Å². The quantitative estimate of drug-likeness (QED) is 0.583. The van der Waals surface area contributed by atoms with E-state index in [0.717, 1.165) is 4.47 Å². The Hall–Kier alpha value is -3.14. The number of carbonyl (C=O) groups excluding carboxylic acids is 2. The molecule has 0 aliphatic carbocycles. The third-order valence-corrected chi connectivity index (χ3v) is 4.53. The Morgan fingerprint density at radius 1 is 1.18 bits per heavy atom. The number of amides is 1. The second-order valence-corrected chi connectivity index (χ2v) is 6.76. The van der Waals surface area contributed by atoms with Crippen molar-refractivity contribution >= 4 is 33.5 Å². The molecule has 0 saturated heterocycles. The van der Waals surface area contributed by atoms with Crippen LogP contribution < -0.4 is 10.1 Å². The van der Waals surface area contributed by atoms with E-state index < -0.39 is 11.9 Å².